The fourth-order valence-corrected chi connectivity index (χ4v) is 2.41. The second kappa shape index (κ2) is 5.56. The van der Waals surface area contributed by atoms with Crippen molar-refractivity contribution < 1.29 is 4.74 Å². The molecule has 0 saturated heterocycles. The first-order valence-electron chi connectivity index (χ1n) is 7.28. The van der Waals surface area contributed by atoms with Crippen molar-refractivity contribution in [2.45, 2.75) is 66.7 Å². The van der Waals surface area contributed by atoms with E-state index in [4.69, 9.17) is 4.74 Å². The number of methoxy groups -OCH3 is 1. The molecule has 19 heavy (non-hydrogen) atoms. The van der Waals surface area contributed by atoms with E-state index < -0.39 is 0 Å². The molecular weight excluding hydrogens is 232 g/mol. The van der Waals surface area contributed by atoms with Crippen molar-refractivity contribution >= 4 is 0 Å². The number of hydrogen-bond donors (Lipinski definition) is 0. The second-order valence-corrected chi connectivity index (χ2v) is 7.67. The van der Waals surface area contributed by atoms with Gasteiger partial charge < -0.3 is 4.74 Å². The number of ether oxygens (including phenoxy) is 1. The summed E-state index contributed by atoms with van der Waals surface area (Å²) in [7, 11) is 1.79. The van der Waals surface area contributed by atoms with Gasteiger partial charge in [-0.15, -0.1) is 0 Å². The third-order valence-corrected chi connectivity index (χ3v) is 3.41. The van der Waals surface area contributed by atoms with Crippen LogP contribution in [0.5, 0.6) is 5.75 Å². The molecule has 0 heterocycles. The minimum Gasteiger partial charge on any atom is -0.496 e. The molecule has 1 heteroatoms. The van der Waals surface area contributed by atoms with Crippen LogP contribution in [0.4, 0.5) is 0 Å². The first-order chi connectivity index (χ1) is 8.58. The highest BCUT2D eigenvalue weighted by molar-refractivity contribution is 5.47. The number of rotatable bonds is 3. The summed E-state index contributed by atoms with van der Waals surface area (Å²) in [5.41, 5.74) is 4.54. The first kappa shape index (κ1) is 16.1. The zero-order valence-electron chi connectivity index (χ0n) is 14.0. The van der Waals surface area contributed by atoms with Crippen LogP contribution in [0.25, 0.3) is 0 Å². The van der Waals surface area contributed by atoms with Crippen LogP contribution in [-0.4, -0.2) is 7.11 Å². The highest BCUT2D eigenvalue weighted by Crippen LogP contribution is 2.35. The Morgan fingerprint density at radius 1 is 0.947 bits per heavy atom. The number of aryl methyl sites for hydroxylation is 1. The molecule has 0 unspecified atom stereocenters. The van der Waals surface area contributed by atoms with Crippen molar-refractivity contribution in [2.24, 2.45) is 5.41 Å². The predicted molar refractivity (Wildman–Crippen MR) is 84.2 cm³/mol. The van der Waals surface area contributed by atoms with Gasteiger partial charge in [-0.1, -0.05) is 60.6 Å². The van der Waals surface area contributed by atoms with Crippen LogP contribution in [0.1, 0.15) is 65.2 Å². The van der Waals surface area contributed by atoms with Gasteiger partial charge in [-0.05, 0) is 40.4 Å². The van der Waals surface area contributed by atoms with Crippen LogP contribution in [0.15, 0.2) is 12.1 Å². The molecular formula is C18H30O. The molecule has 0 N–H and O–H groups in total. The molecule has 1 aromatic rings. The van der Waals surface area contributed by atoms with E-state index in [-0.39, 0.29) is 10.8 Å². The molecule has 0 aliphatic rings. The summed E-state index contributed by atoms with van der Waals surface area (Å²) in [5.74, 6) is 1.09. The molecule has 0 aliphatic carbocycles. The summed E-state index contributed by atoms with van der Waals surface area (Å²) < 4.78 is 5.68. The number of benzene rings is 1. The monoisotopic (exact) mass is 262 g/mol. The average molecular weight is 262 g/mol. The Morgan fingerprint density at radius 2 is 1.47 bits per heavy atom. The van der Waals surface area contributed by atoms with E-state index in [1.165, 1.54) is 16.7 Å². The van der Waals surface area contributed by atoms with Gasteiger partial charge in [0, 0.05) is 0 Å². The Balaban J connectivity index is 3.40. The van der Waals surface area contributed by atoms with E-state index >= 15 is 0 Å². The smallest absolute Gasteiger partial charge is 0.125 e. The van der Waals surface area contributed by atoms with Gasteiger partial charge in [0.05, 0.1) is 7.11 Å². The summed E-state index contributed by atoms with van der Waals surface area (Å²) in [6.45, 7) is 15.9. The van der Waals surface area contributed by atoms with E-state index in [9.17, 15) is 0 Å². The van der Waals surface area contributed by atoms with Gasteiger partial charge in [0.2, 0.25) is 0 Å². The second-order valence-electron chi connectivity index (χ2n) is 7.67. The van der Waals surface area contributed by atoms with E-state index in [1.807, 2.05) is 0 Å². The minimum atomic E-state index is 0.183. The lowest BCUT2D eigenvalue weighted by molar-refractivity contribution is 0.375. The molecule has 0 atom stereocenters. The van der Waals surface area contributed by atoms with Crippen molar-refractivity contribution in [2.75, 3.05) is 7.11 Å². The quantitative estimate of drug-likeness (QED) is 0.732. The van der Waals surface area contributed by atoms with Crippen molar-refractivity contribution in [3.8, 4) is 5.75 Å². The Bertz CT molecular complexity index is 430. The molecule has 0 radical (unpaired) electrons. The molecule has 0 spiro atoms. The minimum absolute atomic E-state index is 0.183. The lowest BCUT2D eigenvalue weighted by Crippen LogP contribution is -2.16. The summed E-state index contributed by atoms with van der Waals surface area (Å²) in [6.07, 6.45) is 2.07. The SMILES string of the molecule is CCc1cc(C(C)(C)C)cc(CC(C)(C)C)c1OC. The summed E-state index contributed by atoms with van der Waals surface area (Å²) in [5, 5.41) is 0. The maximum absolute atomic E-state index is 5.68. The Labute approximate surface area is 119 Å². The fraction of sp³-hybridized carbons (Fsp3) is 0.667. The largest absolute Gasteiger partial charge is 0.496 e. The normalized spacial score (nSPS) is 12.6. The molecule has 1 nitrogen and oxygen atoms in total. The molecule has 0 bridgehead atoms. The third kappa shape index (κ3) is 4.26. The molecule has 0 aliphatic heterocycles. The zero-order chi connectivity index (χ0) is 14.8. The van der Waals surface area contributed by atoms with Gasteiger partial charge in [0.1, 0.15) is 5.75 Å². The summed E-state index contributed by atoms with van der Waals surface area (Å²) >= 11 is 0. The Kier molecular flexibility index (Phi) is 4.71. The van der Waals surface area contributed by atoms with Crippen molar-refractivity contribution in [1.29, 1.82) is 0 Å². The Morgan fingerprint density at radius 3 is 1.84 bits per heavy atom. The summed E-state index contributed by atoms with van der Waals surface area (Å²) in [6, 6.07) is 4.65. The van der Waals surface area contributed by atoms with E-state index in [1.54, 1.807) is 7.11 Å². The van der Waals surface area contributed by atoms with Crippen LogP contribution in [-0.2, 0) is 18.3 Å². The molecule has 0 saturated carbocycles. The maximum Gasteiger partial charge on any atom is 0.125 e. The van der Waals surface area contributed by atoms with Crippen molar-refractivity contribution in [1.82, 2.24) is 0 Å². The molecule has 1 rings (SSSR count). The van der Waals surface area contributed by atoms with Gasteiger partial charge in [0.15, 0.2) is 0 Å². The van der Waals surface area contributed by atoms with Crippen LogP contribution in [0.2, 0.25) is 0 Å². The lowest BCUT2D eigenvalue weighted by Gasteiger charge is -2.26. The first-order valence-corrected chi connectivity index (χ1v) is 7.28. The van der Waals surface area contributed by atoms with E-state index in [0.717, 1.165) is 18.6 Å². The standard InChI is InChI=1S/C18H30O/c1-9-13-10-15(18(5,6)7)11-14(16(13)19-8)12-17(2,3)4/h10-11H,9,12H2,1-8H3. The highest BCUT2D eigenvalue weighted by atomic mass is 16.5. The van der Waals surface area contributed by atoms with Crippen LogP contribution in [0.3, 0.4) is 0 Å². The van der Waals surface area contributed by atoms with Crippen LogP contribution >= 0.6 is 0 Å². The zero-order valence-corrected chi connectivity index (χ0v) is 14.0. The molecule has 0 fully saturated rings. The topological polar surface area (TPSA) is 9.23 Å². The molecule has 1 aromatic carbocycles. The molecule has 0 aromatic heterocycles. The third-order valence-electron chi connectivity index (χ3n) is 3.41. The fourth-order valence-electron chi connectivity index (χ4n) is 2.41. The molecule has 108 valence electrons. The summed E-state index contributed by atoms with van der Waals surface area (Å²) in [4.78, 5) is 0. The van der Waals surface area contributed by atoms with Crippen LogP contribution in [0, 0.1) is 5.41 Å². The average Bonchev–Trinajstić information content (AvgIpc) is 2.24. The predicted octanol–water partition coefficient (Wildman–Crippen LogP) is 5.14. The van der Waals surface area contributed by atoms with Gasteiger partial charge in [-0.3, -0.25) is 0 Å². The maximum atomic E-state index is 5.68. The van der Waals surface area contributed by atoms with Gasteiger partial charge in [0.25, 0.3) is 0 Å². The van der Waals surface area contributed by atoms with E-state index in [0.29, 0.717) is 0 Å². The molecule has 0 amide bonds. The van der Waals surface area contributed by atoms with Crippen LogP contribution < -0.4 is 4.74 Å². The van der Waals surface area contributed by atoms with Crippen molar-refractivity contribution in [3.63, 3.8) is 0 Å². The highest BCUT2D eigenvalue weighted by Gasteiger charge is 2.21. The lowest BCUT2D eigenvalue weighted by atomic mass is 9.81. The van der Waals surface area contributed by atoms with Gasteiger partial charge in [-0.25, -0.2) is 0 Å². The van der Waals surface area contributed by atoms with Gasteiger partial charge in [-0.2, -0.15) is 0 Å². The Hall–Kier alpha value is -0.980. The van der Waals surface area contributed by atoms with Gasteiger partial charge >= 0.3 is 0 Å². The van der Waals surface area contributed by atoms with Crippen molar-refractivity contribution in [3.05, 3.63) is 28.8 Å². The number of hydrogen-bond acceptors (Lipinski definition) is 1. The van der Waals surface area contributed by atoms with E-state index in [2.05, 4.69) is 60.6 Å².